The van der Waals surface area contributed by atoms with Crippen LogP contribution in [0.2, 0.25) is 0 Å². The van der Waals surface area contributed by atoms with Gasteiger partial charge in [-0.25, -0.2) is 8.42 Å². The number of anilines is 1. The largest absolute Gasteiger partial charge is 0.325 e. The van der Waals surface area contributed by atoms with Gasteiger partial charge in [-0.15, -0.1) is 12.4 Å². The first-order valence-corrected chi connectivity index (χ1v) is 8.81. The number of benzene rings is 1. The van der Waals surface area contributed by atoms with E-state index in [9.17, 15) is 13.2 Å². The Morgan fingerprint density at radius 3 is 2.76 bits per heavy atom. The SMILES string of the molecule is CS(=O)(=O)Cc1cccc(NC(=O)C2CCCCN2)c1.Cl. The number of halogens is 1. The molecule has 1 atom stereocenters. The molecular weight excluding hydrogens is 312 g/mol. The lowest BCUT2D eigenvalue weighted by molar-refractivity contribution is -0.118. The fourth-order valence-corrected chi connectivity index (χ4v) is 3.13. The molecule has 1 fully saturated rings. The first-order chi connectivity index (χ1) is 9.44. The van der Waals surface area contributed by atoms with Crippen LogP contribution >= 0.6 is 12.4 Å². The zero-order chi connectivity index (χ0) is 14.6. The topological polar surface area (TPSA) is 75.3 Å². The maximum atomic E-state index is 12.1. The molecule has 7 heteroatoms. The summed E-state index contributed by atoms with van der Waals surface area (Å²) in [5.41, 5.74) is 1.32. The Labute approximate surface area is 131 Å². The van der Waals surface area contributed by atoms with Gasteiger partial charge in [0.05, 0.1) is 11.8 Å². The minimum absolute atomic E-state index is 0. The van der Waals surface area contributed by atoms with Gasteiger partial charge in [0.15, 0.2) is 9.84 Å². The van der Waals surface area contributed by atoms with E-state index in [1.807, 2.05) is 0 Å². The minimum atomic E-state index is -3.07. The highest BCUT2D eigenvalue weighted by molar-refractivity contribution is 7.89. The molecule has 1 aromatic carbocycles. The van der Waals surface area contributed by atoms with E-state index in [0.717, 1.165) is 25.8 Å². The van der Waals surface area contributed by atoms with E-state index in [2.05, 4.69) is 10.6 Å². The zero-order valence-corrected chi connectivity index (χ0v) is 13.6. The van der Waals surface area contributed by atoms with E-state index >= 15 is 0 Å². The maximum Gasteiger partial charge on any atom is 0.241 e. The minimum Gasteiger partial charge on any atom is -0.325 e. The number of hydrogen-bond acceptors (Lipinski definition) is 4. The fourth-order valence-electron chi connectivity index (χ4n) is 2.35. The molecule has 1 unspecified atom stereocenters. The number of sulfone groups is 1. The van der Waals surface area contributed by atoms with Crippen molar-refractivity contribution >= 4 is 33.8 Å². The molecule has 0 saturated carbocycles. The Bertz CT molecular complexity index is 584. The summed E-state index contributed by atoms with van der Waals surface area (Å²) in [7, 11) is -3.07. The molecule has 2 N–H and O–H groups in total. The average molecular weight is 333 g/mol. The Hall–Kier alpha value is -1.11. The molecule has 1 saturated heterocycles. The number of piperidine rings is 1. The van der Waals surface area contributed by atoms with Crippen LogP contribution in [0.4, 0.5) is 5.69 Å². The van der Waals surface area contributed by atoms with Crippen molar-refractivity contribution in [2.24, 2.45) is 0 Å². The van der Waals surface area contributed by atoms with Crippen molar-refractivity contribution in [3.63, 3.8) is 0 Å². The third-order valence-electron chi connectivity index (χ3n) is 3.25. The van der Waals surface area contributed by atoms with Crippen LogP contribution in [0.5, 0.6) is 0 Å². The average Bonchev–Trinajstić information content (AvgIpc) is 2.38. The van der Waals surface area contributed by atoms with Crippen molar-refractivity contribution in [1.82, 2.24) is 5.32 Å². The van der Waals surface area contributed by atoms with Crippen LogP contribution < -0.4 is 10.6 Å². The quantitative estimate of drug-likeness (QED) is 0.880. The van der Waals surface area contributed by atoms with E-state index in [4.69, 9.17) is 0 Å². The van der Waals surface area contributed by atoms with Crippen LogP contribution in [-0.2, 0) is 20.4 Å². The molecule has 0 aliphatic carbocycles. The molecule has 0 radical (unpaired) electrons. The Kier molecular flexibility index (Phi) is 6.64. The molecule has 1 heterocycles. The summed E-state index contributed by atoms with van der Waals surface area (Å²) >= 11 is 0. The molecule has 0 aromatic heterocycles. The molecule has 1 aliphatic heterocycles. The number of nitrogens with one attached hydrogen (secondary N) is 2. The van der Waals surface area contributed by atoms with E-state index in [1.54, 1.807) is 24.3 Å². The summed E-state index contributed by atoms with van der Waals surface area (Å²) in [4.78, 5) is 12.1. The molecule has 1 aromatic rings. The number of rotatable bonds is 4. The lowest BCUT2D eigenvalue weighted by Crippen LogP contribution is -2.43. The van der Waals surface area contributed by atoms with Crippen molar-refractivity contribution in [1.29, 1.82) is 0 Å². The summed E-state index contributed by atoms with van der Waals surface area (Å²) in [5.74, 6) is -0.0699. The second-order valence-corrected chi connectivity index (χ2v) is 7.40. The van der Waals surface area contributed by atoms with Crippen LogP contribution in [-0.4, -0.2) is 33.2 Å². The number of carbonyl (C=O) groups is 1. The Balaban J connectivity index is 0.00000220. The van der Waals surface area contributed by atoms with Gasteiger partial charge in [0.1, 0.15) is 0 Å². The van der Waals surface area contributed by atoms with Gasteiger partial charge in [-0.05, 0) is 37.1 Å². The van der Waals surface area contributed by atoms with Crippen molar-refractivity contribution in [2.45, 2.75) is 31.1 Å². The summed E-state index contributed by atoms with van der Waals surface area (Å²) in [6, 6.07) is 6.83. The number of carbonyl (C=O) groups excluding carboxylic acids is 1. The van der Waals surface area contributed by atoms with E-state index in [-0.39, 0.29) is 30.1 Å². The van der Waals surface area contributed by atoms with Crippen molar-refractivity contribution in [3.8, 4) is 0 Å². The fraction of sp³-hybridized carbons (Fsp3) is 0.500. The van der Waals surface area contributed by atoms with Crippen molar-refractivity contribution in [3.05, 3.63) is 29.8 Å². The van der Waals surface area contributed by atoms with Gasteiger partial charge in [0.2, 0.25) is 5.91 Å². The first kappa shape index (κ1) is 17.9. The van der Waals surface area contributed by atoms with Gasteiger partial charge in [-0.1, -0.05) is 18.6 Å². The molecule has 118 valence electrons. The Morgan fingerprint density at radius 2 is 2.14 bits per heavy atom. The van der Waals surface area contributed by atoms with Crippen LogP contribution in [0.1, 0.15) is 24.8 Å². The number of amides is 1. The predicted octanol–water partition coefficient (Wildman–Crippen LogP) is 1.73. The van der Waals surface area contributed by atoms with E-state index < -0.39 is 9.84 Å². The van der Waals surface area contributed by atoms with Gasteiger partial charge >= 0.3 is 0 Å². The van der Waals surface area contributed by atoms with E-state index in [1.165, 1.54) is 6.26 Å². The van der Waals surface area contributed by atoms with Gasteiger partial charge in [0, 0.05) is 11.9 Å². The molecule has 1 aliphatic rings. The van der Waals surface area contributed by atoms with E-state index in [0.29, 0.717) is 11.3 Å². The molecule has 1 amide bonds. The lowest BCUT2D eigenvalue weighted by Gasteiger charge is -2.22. The van der Waals surface area contributed by atoms with Gasteiger partial charge in [0.25, 0.3) is 0 Å². The smallest absolute Gasteiger partial charge is 0.241 e. The third kappa shape index (κ3) is 6.03. The van der Waals surface area contributed by atoms with Crippen LogP contribution in [0.3, 0.4) is 0 Å². The summed E-state index contributed by atoms with van der Waals surface area (Å²) in [6.45, 7) is 0.867. The van der Waals surface area contributed by atoms with Gasteiger partial charge < -0.3 is 10.6 Å². The van der Waals surface area contributed by atoms with Crippen molar-refractivity contribution in [2.75, 3.05) is 18.1 Å². The molecule has 21 heavy (non-hydrogen) atoms. The zero-order valence-electron chi connectivity index (χ0n) is 12.0. The van der Waals surface area contributed by atoms with Crippen molar-refractivity contribution < 1.29 is 13.2 Å². The second kappa shape index (κ2) is 7.77. The standard InChI is InChI=1S/C14H20N2O3S.ClH/c1-20(18,19)10-11-5-4-6-12(9-11)16-14(17)13-7-2-3-8-15-13;/h4-6,9,13,15H,2-3,7-8,10H2,1H3,(H,16,17);1H. The number of hydrogen-bond donors (Lipinski definition) is 2. The molecule has 5 nitrogen and oxygen atoms in total. The summed E-state index contributed by atoms with van der Waals surface area (Å²) < 4.78 is 22.6. The maximum absolute atomic E-state index is 12.1. The molecule has 0 spiro atoms. The van der Waals surface area contributed by atoms with Gasteiger partial charge in [-0.2, -0.15) is 0 Å². The van der Waals surface area contributed by atoms with Crippen LogP contribution in [0, 0.1) is 0 Å². The monoisotopic (exact) mass is 332 g/mol. The summed E-state index contributed by atoms with van der Waals surface area (Å²) in [6.07, 6.45) is 4.20. The predicted molar refractivity (Wildman–Crippen MR) is 86.5 cm³/mol. The lowest BCUT2D eigenvalue weighted by atomic mass is 10.0. The second-order valence-electron chi connectivity index (χ2n) is 5.26. The first-order valence-electron chi connectivity index (χ1n) is 6.75. The third-order valence-corrected chi connectivity index (χ3v) is 4.11. The summed E-state index contributed by atoms with van der Waals surface area (Å²) in [5, 5.41) is 6.03. The van der Waals surface area contributed by atoms with Gasteiger partial charge in [-0.3, -0.25) is 4.79 Å². The Morgan fingerprint density at radius 1 is 1.38 bits per heavy atom. The molecular formula is C14H21ClN2O3S. The van der Waals surface area contributed by atoms with Crippen LogP contribution in [0.15, 0.2) is 24.3 Å². The highest BCUT2D eigenvalue weighted by atomic mass is 35.5. The molecule has 2 rings (SSSR count). The molecule has 0 bridgehead atoms. The van der Waals surface area contributed by atoms with Crippen LogP contribution in [0.25, 0.3) is 0 Å². The normalized spacial score (nSPS) is 18.6. The highest BCUT2D eigenvalue weighted by Crippen LogP contribution is 2.15. The highest BCUT2D eigenvalue weighted by Gasteiger charge is 2.20.